The number of carbonyl (C=O) groups excluding carboxylic acids is 1. The van der Waals surface area contributed by atoms with E-state index in [-0.39, 0.29) is 5.91 Å². The standard InChI is InChI=1S/C15H17ClN2O/c1-11-5-6-12(16)9-13(11)14(19)18-15(10-17)7-3-2-4-8-15/h5-6,9H,2-4,7-8H2,1H3,(H,18,19). The molecule has 1 amide bonds. The Morgan fingerprint density at radius 1 is 1.37 bits per heavy atom. The van der Waals surface area contributed by atoms with Crippen LogP contribution in [0, 0.1) is 18.3 Å². The number of amides is 1. The highest BCUT2D eigenvalue weighted by Crippen LogP contribution is 2.28. The SMILES string of the molecule is Cc1ccc(Cl)cc1C(=O)NC1(C#N)CCCCC1. The molecule has 3 nitrogen and oxygen atoms in total. The molecule has 0 aromatic heterocycles. The third-order valence-corrected chi connectivity index (χ3v) is 3.95. The van der Waals surface area contributed by atoms with E-state index in [9.17, 15) is 10.1 Å². The fourth-order valence-electron chi connectivity index (χ4n) is 2.54. The van der Waals surface area contributed by atoms with E-state index in [4.69, 9.17) is 11.6 Å². The summed E-state index contributed by atoms with van der Waals surface area (Å²) < 4.78 is 0. The molecule has 1 saturated carbocycles. The molecule has 1 aromatic rings. The van der Waals surface area contributed by atoms with Crippen LogP contribution in [0.2, 0.25) is 5.02 Å². The van der Waals surface area contributed by atoms with Gasteiger partial charge in [-0.15, -0.1) is 0 Å². The Balaban J connectivity index is 2.20. The number of hydrogen-bond acceptors (Lipinski definition) is 2. The largest absolute Gasteiger partial charge is 0.334 e. The molecular formula is C15H17ClN2O. The van der Waals surface area contributed by atoms with Crippen LogP contribution in [0.25, 0.3) is 0 Å². The van der Waals surface area contributed by atoms with Gasteiger partial charge in [-0.3, -0.25) is 4.79 Å². The maximum absolute atomic E-state index is 12.3. The van der Waals surface area contributed by atoms with Crippen molar-refractivity contribution in [2.45, 2.75) is 44.6 Å². The predicted molar refractivity (Wildman–Crippen MR) is 75.1 cm³/mol. The fraction of sp³-hybridized carbons (Fsp3) is 0.467. The Kier molecular flexibility index (Phi) is 4.11. The first-order valence-corrected chi connectivity index (χ1v) is 6.94. The van der Waals surface area contributed by atoms with Crippen molar-refractivity contribution in [3.8, 4) is 6.07 Å². The summed E-state index contributed by atoms with van der Waals surface area (Å²) in [6.45, 7) is 1.87. The zero-order valence-corrected chi connectivity index (χ0v) is 11.8. The van der Waals surface area contributed by atoms with Gasteiger partial charge in [0.15, 0.2) is 0 Å². The number of nitrogens with one attached hydrogen (secondary N) is 1. The summed E-state index contributed by atoms with van der Waals surface area (Å²) in [7, 11) is 0. The van der Waals surface area contributed by atoms with Gasteiger partial charge in [0.2, 0.25) is 0 Å². The summed E-state index contributed by atoms with van der Waals surface area (Å²) >= 11 is 5.93. The van der Waals surface area contributed by atoms with E-state index < -0.39 is 5.54 Å². The molecule has 1 aromatic carbocycles. The molecule has 1 aliphatic carbocycles. The number of rotatable bonds is 2. The van der Waals surface area contributed by atoms with E-state index in [2.05, 4.69) is 11.4 Å². The molecule has 100 valence electrons. The van der Waals surface area contributed by atoms with Gasteiger partial charge in [0, 0.05) is 10.6 Å². The van der Waals surface area contributed by atoms with Crippen LogP contribution >= 0.6 is 11.6 Å². The summed E-state index contributed by atoms with van der Waals surface area (Å²) in [6.07, 6.45) is 4.57. The lowest BCUT2D eigenvalue weighted by atomic mass is 9.82. The zero-order chi connectivity index (χ0) is 13.9. The number of aryl methyl sites for hydroxylation is 1. The lowest BCUT2D eigenvalue weighted by Crippen LogP contribution is -2.48. The van der Waals surface area contributed by atoms with Gasteiger partial charge in [-0.25, -0.2) is 0 Å². The third kappa shape index (κ3) is 3.08. The highest BCUT2D eigenvalue weighted by atomic mass is 35.5. The average Bonchev–Trinajstić information content (AvgIpc) is 2.42. The van der Waals surface area contributed by atoms with Crippen molar-refractivity contribution < 1.29 is 4.79 Å². The second-order valence-corrected chi connectivity index (χ2v) is 5.60. The molecule has 1 N–H and O–H groups in total. The van der Waals surface area contributed by atoms with E-state index >= 15 is 0 Å². The monoisotopic (exact) mass is 276 g/mol. The Labute approximate surface area is 118 Å². The van der Waals surface area contributed by atoms with Crippen LogP contribution in [0.5, 0.6) is 0 Å². The second-order valence-electron chi connectivity index (χ2n) is 5.17. The quantitative estimate of drug-likeness (QED) is 0.897. The van der Waals surface area contributed by atoms with Crippen LogP contribution in [0.4, 0.5) is 0 Å². The van der Waals surface area contributed by atoms with Gasteiger partial charge in [-0.2, -0.15) is 5.26 Å². The number of nitrogens with zero attached hydrogens (tertiary/aromatic N) is 1. The van der Waals surface area contributed by atoms with Crippen molar-refractivity contribution in [2.75, 3.05) is 0 Å². The molecule has 0 heterocycles. The Morgan fingerprint density at radius 3 is 2.68 bits per heavy atom. The first-order valence-electron chi connectivity index (χ1n) is 6.56. The molecule has 0 bridgehead atoms. The molecule has 0 saturated heterocycles. The smallest absolute Gasteiger partial charge is 0.252 e. The lowest BCUT2D eigenvalue weighted by Gasteiger charge is -2.31. The first-order chi connectivity index (χ1) is 9.06. The van der Waals surface area contributed by atoms with Crippen LogP contribution in [0.3, 0.4) is 0 Å². The number of benzene rings is 1. The normalized spacial score (nSPS) is 17.5. The Bertz CT molecular complexity index is 527. The number of halogens is 1. The number of carbonyl (C=O) groups is 1. The summed E-state index contributed by atoms with van der Waals surface area (Å²) in [6, 6.07) is 7.52. The van der Waals surface area contributed by atoms with Crippen LogP contribution in [-0.4, -0.2) is 11.4 Å². The highest BCUT2D eigenvalue weighted by molar-refractivity contribution is 6.31. The van der Waals surface area contributed by atoms with Crippen molar-refractivity contribution in [1.82, 2.24) is 5.32 Å². The molecule has 1 fully saturated rings. The topological polar surface area (TPSA) is 52.9 Å². The van der Waals surface area contributed by atoms with Crippen molar-refractivity contribution in [1.29, 1.82) is 5.26 Å². The van der Waals surface area contributed by atoms with Gasteiger partial charge in [0.25, 0.3) is 5.91 Å². The van der Waals surface area contributed by atoms with Crippen LogP contribution in [-0.2, 0) is 0 Å². The Hall–Kier alpha value is -1.53. The van der Waals surface area contributed by atoms with Gasteiger partial charge < -0.3 is 5.32 Å². The molecule has 4 heteroatoms. The lowest BCUT2D eigenvalue weighted by molar-refractivity contribution is 0.0902. The van der Waals surface area contributed by atoms with Crippen molar-refractivity contribution in [3.63, 3.8) is 0 Å². The van der Waals surface area contributed by atoms with Crippen molar-refractivity contribution >= 4 is 17.5 Å². The third-order valence-electron chi connectivity index (χ3n) is 3.72. The summed E-state index contributed by atoms with van der Waals surface area (Å²) in [4.78, 5) is 12.3. The van der Waals surface area contributed by atoms with Crippen molar-refractivity contribution in [3.05, 3.63) is 34.3 Å². The maximum Gasteiger partial charge on any atom is 0.252 e. The Morgan fingerprint density at radius 2 is 2.05 bits per heavy atom. The van der Waals surface area contributed by atoms with E-state index in [0.29, 0.717) is 10.6 Å². The minimum Gasteiger partial charge on any atom is -0.334 e. The van der Waals surface area contributed by atoms with Crippen LogP contribution in [0.1, 0.15) is 48.0 Å². The van der Waals surface area contributed by atoms with E-state index in [1.165, 1.54) is 0 Å². The van der Waals surface area contributed by atoms with Crippen LogP contribution < -0.4 is 5.32 Å². The molecule has 19 heavy (non-hydrogen) atoms. The molecular weight excluding hydrogens is 260 g/mol. The van der Waals surface area contributed by atoms with Crippen molar-refractivity contribution in [2.24, 2.45) is 0 Å². The van der Waals surface area contributed by atoms with E-state index in [0.717, 1.165) is 37.7 Å². The molecule has 2 rings (SSSR count). The van der Waals surface area contributed by atoms with E-state index in [1.54, 1.807) is 12.1 Å². The first kappa shape index (κ1) is 13.9. The fourth-order valence-corrected chi connectivity index (χ4v) is 2.72. The predicted octanol–water partition coefficient (Wildman–Crippen LogP) is 3.60. The van der Waals surface area contributed by atoms with Gasteiger partial charge in [0.05, 0.1) is 6.07 Å². The van der Waals surface area contributed by atoms with Crippen LogP contribution in [0.15, 0.2) is 18.2 Å². The summed E-state index contributed by atoms with van der Waals surface area (Å²) in [5.74, 6) is -0.205. The minimum atomic E-state index is -0.704. The van der Waals surface area contributed by atoms with Gasteiger partial charge in [0.1, 0.15) is 5.54 Å². The van der Waals surface area contributed by atoms with Gasteiger partial charge in [-0.05, 0) is 37.5 Å². The molecule has 1 aliphatic rings. The summed E-state index contributed by atoms with van der Waals surface area (Å²) in [5, 5.41) is 12.8. The van der Waals surface area contributed by atoms with Gasteiger partial charge >= 0.3 is 0 Å². The second kappa shape index (κ2) is 5.63. The molecule has 0 atom stereocenters. The number of hydrogen-bond donors (Lipinski definition) is 1. The van der Waals surface area contributed by atoms with E-state index in [1.807, 2.05) is 13.0 Å². The average molecular weight is 277 g/mol. The van der Waals surface area contributed by atoms with Gasteiger partial charge in [-0.1, -0.05) is 36.9 Å². The molecule has 0 aliphatic heterocycles. The maximum atomic E-state index is 12.3. The highest BCUT2D eigenvalue weighted by Gasteiger charge is 2.34. The molecule has 0 unspecified atom stereocenters. The zero-order valence-electron chi connectivity index (χ0n) is 11.0. The minimum absolute atomic E-state index is 0.205. The molecule has 0 radical (unpaired) electrons. The summed E-state index contributed by atoms with van der Waals surface area (Å²) in [5.41, 5.74) is 0.711. The molecule has 0 spiro atoms. The number of nitriles is 1.